The highest BCUT2D eigenvalue weighted by molar-refractivity contribution is 6.33. The summed E-state index contributed by atoms with van der Waals surface area (Å²) in [5, 5.41) is 3.03. The molecule has 6 nitrogen and oxygen atoms in total. The molecule has 8 heteroatoms. The Balaban J connectivity index is 2.53. The van der Waals surface area contributed by atoms with E-state index in [9.17, 15) is 9.18 Å². The monoisotopic (exact) mass is 340 g/mol. The standard InChI is InChI=1S/C15H18ClFN4O2/c1-15(18)7-10(14(22)23-4)19-13(20-15)8-5-6-9(16)12(11(8)17)21(2)3/h5-7H,18H2,1-4H3,(H,19,20). The molecule has 23 heavy (non-hydrogen) atoms. The van der Waals surface area contributed by atoms with Crippen molar-refractivity contribution in [3.63, 3.8) is 0 Å². The van der Waals surface area contributed by atoms with Gasteiger partial charge >= 0.3 is 5.97 Å². The molecule has 0 saturated carbocycles. The fourth-order valence-electron chi connectivity index (χ4n) is 2.24. The van der Waals surface area contributed by atoms with E-state index in [4.69, 9.17) is 17.3 Å². The highest BCUT2D eigenvalue weighted by Gasteiger charge is 2.29. The van der Waals surface area contributed by atoms with Gasteiger partial charge in [0.05, 0.1) is 23.4 Å². The second kappa shape index (κ2) is 6.17. The molecule has 1 heterocycles. The van der Waals surface area contributed by atoms with Crippen LogP contribution in [-0.4, -0.2) is 38.7 Å². The van der Waals surface area contributed by atoms with Crippen molar-refractivity contribution in [3.8, 4) is 0 Å². The zero-order valence-corrected chi connectivity index (χ0v) is 14.0. The highest BCUT2D eigenvalue weighted by atomic mass is 35.5. The Morgan fingerprint density at radius 3 is 2.70 bits per heavy atom. The average Bonchev–Trinajstić information content (AvgIpc) is 2.44. The van der Waals surface area contributed by atoms with Crippen molar-refractivity contribution < 1.29 is 13.9 Å². The Morgan fingerprint density at radius 2 is 2.13 bits per heavy atom. The summed E-state index contributed by atoms with van der Waals surface area (Å²) in [5.74, 6) is -1.04. The molecule has 1 unspecified atom stereocenters. The molecule has 2 rings (SSSR count). The number of aliphatic imine (C=N–C) groups is 1. The van der Waals surface area contributed by atoms with E-state index in [0.717, 1.165) is 0 Å². The first-order chi connectivity index (χ1) is 10.7. The molecule has 1 aliphatic rings. The van der Waals surface area contributed by atoms with Crippen LogP contribution >= 0.6 is 11.6 Å². The fraction of sp³-hybridized carbons (Fsp3) is 0.333. The maximum atomic E-state index is 14.8. The lowest BCUT2D eigenvalue weighted by molar-refractivity contribution is -0.136. The minimum Gasteiger partial charge on any atom is -0.464 e. The molecule has 1 aromatic carbocycles. The van der Waals surface area contributed by atoms with Gasteiger partial charge in [0.15, 0.2) is 5.82 Å². The lowest BCUT2D eigenvalue weighted by atomic mass is 10.1. The van der Waals surface area contributed by atoms with Gasteiger partial charge in [0, 0.05) is 14.1 Å². The molecule has 0 saturated heterocycles. The summed E-state index contributed by atoms with van der Waals surface area (Å²) in [5.41, 5.74) is 5.30. The zero-order valence-electron chi connectivity index (χ0n) is 13.3. The largest absolute Gasteiger partial charge is 0.464 e. The van der Waals surface area contributed by atoms with Crippen LogP contribution in [0.25, 0.3) is 0 Å². The van der Waals surface area contributed by atoms with Crippen LogP contribution in [0.15, 0.2) is 28.9 Å². The molecule has 1 aliphatic heterocycles. The molecule has 0 amide bonds. The van der Waals surface area contributed by atoms with E-state index in [2.05, 4.69) is 15.0 Å². The number of carbonyl (C=O) groups is 1. The molecule has 3 N–H and O–H groups in total. The Bertz CT molecular complexity index is 714. The quantitative estimate of drug-likeness (QED) is 0.817. The van der Waals surface area contributed by atoms with Crippen molar-refractivity contribution in [2.75, 3.05) is 26.1 Å². The van der Waals surface area contributed by atoms with Crippen LogP contribution in [0.5, 0.6) is 0 Å². The summed E-state index contributed by atoms with van der Waals surface area (Å²) in [7, 11) is 4.60. The van der Waals surface area contributed by atoms with E-state index in [1.165, 1.54) is 19.3 Å². The van der Waals surface area contributed by atoms with Crippen molar-refractivity contribution in [2.45, 2.75) is 12.6 Å². The van der Waals surface area contributed by atoms with Crippen LogP contribution in [0, 0.1) is 5.82 Å². The minimum atomic E-state index is -1.17. The molecule has 1 aromatic rings. The van der Waals surface area contributed by atoms with Crippen molar-refractivity contribution in [3.05, 3.63) is 40.3 Å². The number of anilines is 1. The topological polar surface area (TPSA) is 80.0 Å². The maximum absolute atomic E-state index is 14.8. The SMILES string of the molecule is COC(=O)C1=CC(C)(N)N=C(c2ccc(Cl)c(N(C)C)c2F)N1. The maximum Gasteiger partial charge on any atom is 0.354 e. The summed E-state index contributed by atoms with van der Waals surface area (Å²) in [6.45, 7) is 1.59. The Hall–Kier alpha value is -2.12. The normalized spacial score (nSPS) is 20.3. The van der Waals surface area contributed by atoms with Crippen LogP contribution in [0.1, 0.15) is 12.5 Å². The van der Waals surface area contributed by atoms with Crippen LogP contribution < -0.4 is 16.0 Å². The predicted octanol–water partition coefficient (Wildman–Crippen LogP) is 1.63. The summed E-state index contributed by atoms with van der Waals surface area (Å²) in [6.07, 6.45) is 1.42. The van der Waals surface area contributed by atoms with Gasteiger partial charge in [0.1, 0.15) is 17.2 Å². The predicted molar refractivity (Wildman–Crippen MR) is 88.1 cm³/mol. The number of rotatable bonds is 3. The van der Waals surface area contributed by atoms with E-state index < -0.39 is 17.4 Å². The van der Waals surface area contributed by atoms with E-state index in [1.54, 1.807) is 32.0 Å². The van der Waals surface area contributed by atoms with E-state index in [1.807, 2.05) is 0 Å². The van der Waals surface area contributed by atoms with Gasteiger partial charge < -0.3 is 20.7 Å². The number of nitrogens with two attached hydrogens (primary N) is 1. The van der Waals surface area contributed by atoms with Gasteiger partial charge in [0.25, 0.3) is 0 Å². The summed E-state index contributed by atoms with van der Waals surface area (Å²) in [6, 6.07) is 3.04. The molecular formula is C15H18ClFN4O2. The summed E-state index contributed by atoms with van der Waals surface area (Å²) in [4.78, 5) is 17.6. The second-order valence-electron chi connectivity index (χ2n) is 5.51. The van der Waals surface area contributed by atoms with Gasteiger partial charge in [-0.25, -0.2) is 14.2 Å². The Morgan fingerprint density at radius 1 is 1.48 bits per heavy atom. The van der Waals surface area contributed by atoms with Crippen molar-refractivity contribution in [1.82, 2.24) is 5.32 Å². The first-order valence-electron chi connectivity index (χ1n) is 6.79. The highest BCUT2D eigenvalue weighted by Crippen LogP contribution is 2.30. The third kappa shape index (κ3) is 3.46. The van der Waals surface area contributed by atoms with Crippen LogP contribution in [-0.2, 0) is 9.53 Å². The van der Waals surface area contributed by atoms with Crippen LogP contribution in [0.3, 0.4) is 0 Å². The molecule has 0 bridgehead atoms. The summed E-state index contributed by atoms with van der Waals surface area (Å²) >= 11 is 6.04. The fourth-order valence-corrected chi connectivity index (χ4v) is 2.55. The lowest BCUT2D eigenvalue weighted by Crippen LogP contribution is -2.44. The number of nitrogens with one attached hydrogen (secondary N) is 1. The Kier molecular flexibility index (Phi) is 4.63. The first kappa shape index (κ1) is 17.2. The van der Waals surface area contributed by atoms with Gasteiger partial charge in [-0.1, -0.05) is 11.6 Å². The van der Waals surface area contributed by atoms with Gasteiger partial charge in [-0.05, 0) is 25.1 Å². The molecule has 1 atom stereocenters. The zero-order chi connectivity index (χ0) is 17.4. The Labute approximate surface area is 138 Å². The van der Waals surface area contributed by atoms with Crippen LogP contribution in [0.4, 0.5) is 10.1 Å². The van der Waals surface area contributed by atoms with Crippen LogP contribution in [0.2, 0.25) is 5.02 Å². The van der Waals surface area contributed by atoms with Gasteiger partial charge in [-0.3, -0.25) is 0 Å². The van der Waals surface area contributed by atoms with Gasteiger partial charge in [0.2, 0.25) is 0 Å². The number of methoxy groups -OCH3 is 1. The molecule has 0 fully saturated rings. The summed E-state index contributed by atoms with van der Waals surface area (Å²) < 4.78 is 19.5. The van der Waals surface area contributed by atoms with Crippen molar-refractivity contribution in [1.29, 1.82) is 0 Å². The van der Waals surface area contributed by atoms with E-state index >= 15 is 0 Å². The average molecular weight is 341 g/mol. The van der Waals surface area contributed by atoms with E-state index in [0.29, 0.717) is 0 Å². The van der Waals surface area contributed by atoms with E-state index in [-0.39, 0.29) is 27.8 Å². The number of amidine groups is 1. The molecular weight excluding hydrogens is 323 g/mol. The van der Waals surface area contributed by atoms with Gasteiger partial charge in [-0.15, -0.1) is 0 Å². The van der Waals surface area contributed by atoms with Crippen molar-refractivity contribution in [2.24, 2.45) is 10.7 Å². The number of carbonyl (C=O) groups excluding carboxylic acids is 1. The number of ether oxygens (including phenoxy) is 1. The molecule has 0 aromatic heterocycles. The van der Waals surface area contributed by atoms with Crippen molar-refractivity contribution >= 4 is 29.1 Å². The smallest absolute Gasteiger partial charge is 0.354 e. The number of nitrogens with zero attached hydrogens (tertiary/aromatic N) is 2. The third-order valence-electron chi connectivity index (χ3n) is 3.22. The number of halogens is 2. The molecule has 0 radical (unpaired) electrons. The molecule has 0 spiro atoms. The molecule has 124 valence electrons. The number of hydrogen-bond donors (Lipinski definition) is 2. The third-order valence-corrected chi connectivity index (χ3v) is 3.52. The van der Waals surface area contributed by atoms with Gasteiger partial charge in [-0.2, -0.15) is 0 Å². The number of benzene rings is 1. The minimum absolute atomic E-state index is 0.100. The second-order valence-corrected chi connectivity index (χ2v) is 5.92. The number of esters is 1. The first-order valence-corrected chi connectivity index (χ1v) is 7.16. The lowest BCUT2D eigenvalue weighted by Gasteiger charge is -2.26. The number of hydrogen-bond acceptors (Lipinski definition) is 6. The molecule has 0 aliphatic carbocycles.